The first kappa shape index (κ1) is 21.6. The van der Waals surface area contributed by atoms with Gasteiger partial charge in [0.25, 0.3) is 5.91 Å². The van der Waals surface area contributed by atoms with Crippen LogP contribution in [-0.2, 0) is 4.79 Å². The molecule has 2 aromatic carbocycles. The molecular formula is C22H21ClFN3O3. The molecule has 1 aliphatic heterocycles. The maximum Gasteiger partial charge on any atom is 0.257 e. The second kappa shape index (κ2) is 9.59. The summed E-state index contributed by atoms with van der Waals surface area (Å²) >= 11 is 6.01. The van der Waals surface area contributed by atoms with Crippen LogP contribution in [0.2, 0.25) is 5.02 Å². The maximum atomic E-state index is 13.9. The fourth-order valence-corrected chi connectivity index (χ4v) is 3.68. The van der Waals surface area contributed by atoms with Crippen LogP contribution < -0.4 is 10.1 Å². The lowest BCUT2D eigenvalue weighted by Gasteiger charge is -2.32. The molecule has 8 heteroatoms. The molecule has 1 N–H and O–H groups in total. The molecule has 0 bridgehead atoms. The Balaban J connectivity index is 1.62. The molecule has 1 heterocycles. The summed E-state index contributed by atoms with van der Waals surface area (Å²) in [6.07, 6.45) is 0.881. The van der Waals surface area contributed by atoms with E-state index in [1.54, 1.807) is 29.2 Å². The minimum atomic E-state index is -1.06. The van der Waals surface area contributed by atoms with Gasteiger partial charge in [-0.15, -0.1) is 0 Å². The van der Waals surface area contributed by atoms with Crippen molar-refractivity contribution < 1.29 is 18.7 Å². The van der Waals surface area contributed by atoms with Gasteiger partial charge in [-0.25, -0.2) is 4.39 Å². The molecule has 0 aromatic heterocycles. The average molecular weight is 430 g/mol. The molecule has 0 spiro atoms. The molecule has 0 saturated carbocycles. The highest BCUT2D eigenvalue weighted by Gasteiger charge is 2.30. The smallest absolute Gasteiger partial charge is 0.257 e. The van der Waals surface area contributed by atoms with E-state index in [-0.39, 0.29) is 23.3 Å². The number of piperidine rings is 1. The number of hydrogen-bond acceptors (Lipinski definition) is 4. The van der Waals surface area contributed by atoms with Gasteiger partial charge in [-0.2, -0.15) is 5.26 Å². The molecule has 1 unspecified atom stereocenters. The van der Waals surface area contributed by atoms with Gasteiger partial charge in [0.05, 0.1) is 18.7 Å². The molecule has 1 atom stereocenters. The second-order valence-corrected chi connectivity index (χ2v) is 7.44. The predicted molar refractivity (Wildman–Crippen MR) is 110 cm³/mol. The molecule has 1 aliphatic rings. The van der Waals surface area contributed by atoms with Crippen molar-refractivity contribution in [1.82, 2.24) is 10.2 Å². The normalized spacial score (nSPS) is 15.2. The number of ether oxygens (including phenoxy) is 1. The van der Waals surface area contributed by atoms with Crippen molar-refractivity contribution in [3.05, 3.63) is 64.4 Å². The Kier molecular flexibility index (Phi) is 6.91. The summed E-state index contributed by atoms with van der Waals surface area (Å²) < 4.78 is 19.2. The molecule has 2 aromatic rings. The van der Waals surface area contributed by atoms with Crippen LogP contribution in [0.3, 0.4) is 0 Å². The van der Waals surface area contributed by atoms with E-state index in [0.717, 1.165) is 0 Å². The van der Waals surface area contributed by atoms with Crippen LogP contribution in [0.15, 0.2) is 42.5 Å². The SMILES string of the molecule is COc1ccc(Cl)cc1C(=O)N1CCC(C(=O)NC(C#N)c2ccccc2F)CC1. The van der Waals surface area contributed by atoms with Crippen LogP contribution in [0.1, 0.15) is 34.8 Å². The Bertz CT molecular complexity index is 984. The summed E-state index contributed by atoms with van der Waals surface area (Å²) in [6.45, 7) is 0.757. The quantitative estimate of drug-likeness (QED) is 0.785. The summed E-state index contributed by atoms with van der Waals surface area (Å²) in [5.74, 6) is -1.00. The predicted octanol–water partition coefficient (Wildman–Crippen LogP) is 3.72. The molecule has 0 aliphatic carbocycles. The van der Waals surface area contributed by atoms with Gasteiger partial charge >= 0.3 is 0 Å². The highest BCUT2D eigenvalue weighted by Crippen LogP contribution is 2.27. The lowest BCUT2D eigenvalue weighted by molar-refractivity contribution is -0.126. The number of amides is 2. The molecule has 156 valence electrons. The van der Waals surface area contributed by atoms with Gasteiger partial charge < -0.3 is 15.0 Å². The number of rotatable bonds is 5. The Labute approximate surface area is 179 Å². The van der Waals surface area contributed by atoms with E-state index >= 15 is 0 Å². The highest BCUT2D eigenvalue weighted by atomic mass is 35.5. The van der Waals surface area contributed by atoms with Gasteiger partial charge in [0, 0.05) is 29.6 Å². The van der Waals surface area contributed by atoms with Crippen LogP contribution in [0.25, 0.3) is 0 Å². The second-order valence-electron chi connectivity index (χ2n) is 7.00. The summed E-state index contributed by atoms with van der Waals surface area (Å²) in [5, 5.41) is 12.4. The standard InChI is InChI=1S/C22H21ClFN3O3/c1-30-20-7-6-15(23)12-17(20)22(29)27-10-8-14(9-11-27)21(28)26-19(13-25)16-4-2-3-5-18(16)24/h2-7,12,14,19H,8-11H2,1H3,(H,26,28). The van der Waals surface area contributed by atoms with Crippen molar-refractivity contribution in [2.24, 2.45) is 5.92 Å². The van der Waals surface area contributed by atoms with Crippen LogP contribution in [0.5, 0.6) is 5.75 Å². The molecule has 1 saturated heterocycles. The van der Waals surface area contributed by atoms with Gasteiger partial charge in [0.15, 0.2) is 0 Å². The van der Waals surface area contributed by atoms with Gasteiger partial charge in [0.2, 0.25) is 5.91 Å². The highest BCUT2D eigenvalue weighted by molar-refractivity contribution is 6.31. The average Bonchev–Trinajstić information content (AvgIpc) is 2.77. The minimum absolute atomic E-state index is 0.133. The van der Waals surface area contributed by atoms with Crippen LogP contribution >= 0.6 is 11.6 Å². The fourth-order valence-electron chi connectivity index (χ4n) is 3.51. The molecule has 0 radical (unpaired) electrons. The zero-order valence-corrected chi connectivity index (χ0v) is 17.2. The van der Waals surface area contributed by atoms with Crippen molar-refractivity contribution in [2.45, 2.75) is 18.9 Å². The van der Waals surface area contributed by atoms with E-state index in [1.807, 2.05) is 6.07 Å². The molecule has 6 nitrogen and oxygen atoms in total. The number of nitrogens with zero attached hydrogens (tertiary/aromatic N) is 2. The van der Waals surface area contributed by atoms with Gasteiger partial charge in [-0.1, -0.05) is 29.8 Å². The maximum absolute atomic E-state index is 13.9. The van der Waals surface area contributed by atoms with Crippen LogP contribution in [-0.4, -0.2) is 36.9 Å². The Morgan fingerprint density at radius 1 is 1.27 bits per heavy atom. The number of benzene rings is 2. The van der Waals surface area contributed by atoms with Crippen molar-refractivity contribution in [2.75, 3.05) is 20.2 Å². The largest absolute Gasteiger partial charge is 0.496 e. The van der Waals surface area contributed by atoms with E-state index in [4.69, 9.17) is 16.3 Å². The lowest BCUT2D eigenvalue weighted by Crippen LogP contribution is -2.43. The Morgan fingerprint density at radius 3 is 2.60 bits per heavy atom. The number of hydrogen-bond donors (Lipinski definition) is 1. The number of likely N-dealkylation sites (tertiary alicyclic amines) is 1. The Hall–Kier alpha value is -3.11. The number of carbonyl (C=O) groups is 2. The molecule has 1 fully saturated rings. The third kappa shape index (κ3) is 4.71. The summed E-state index contributed by atoms with van der Waals surface area (Å²) in [7, 11) is 1.48. The van der Waals surface area contributed by atoms with Crippen molar-refractivity contribution in [3.63, 3.8) is 0 Å². The Morgan fingerprint density at radius 2 is 1.97 bits per heavy atom. The van der Waals surface area contributed by atoms with E-state index < -0.39 is 11.9 Å². The van der Waals surface area contributed by atoms with Gasteiger partial charge in [-0.05, 0) is 37.1 Å². The number of methoxy groups -OCH3 is 1. The van der Waals surface area contributed by atoms with E-state index in [1.165, 1.54) is 25.3 Å². The lowest BCUT2D eigenvalue weighted by atomic mass is 9.94. The topological polar surface area (TPSA) is 82.4 Å². The van der Waals surface area contributed by atoms with Crippen LogP contribution in [0.4, 0.5) is 4.39 Å². The van der Waals surface area contributed by atoms with Crippen molar-refractivity contribution in [1.29, 1.82) is 5.26 Å². The first-order valence-electron chi connectivity index (χ1n) is 9.51. The zero-order valence-electron chi connectivity index (χ0n) is 16.4. The molecule has 30 heavy (non-hydrogen) atoms. The number of nitriles is 1. The summed E-state index contributed by atoms with van der Waals surface area (Å²) in [6, 6.07) is 11.6. The first-order chi connectivity index (χ1) is 14.4. The first-order valence-corrected chi connectivity index (χ1v) is 9.89. The summed E-state index contributed by atoms with van der Waals surface area (Å²) in [5.41, 5.74) is 0.506. The number of nitrogens with one attached hydrogen (secondary N) is 1. The molecular weight excluding hydrogens is 409 g/mol. The third-order valence-electron chi connectivity index (χ3n) is 5.18. The van der Waals surface area contributed by atoms with Gasteiger partial charge in [-0.3, -0.25) is 9.59 Å². The van der Waals surface area contributed by atoms with Gasteiger partial charge in [0.1, 0.15) is 17.6 Å². The van der Waals surface area contributed by atoms with Crippen molar-refractivity contribution in [3.8, 4) is 11.8 Å². The van der Waals surface area contributed by atoms with Crippen molar-refractivity contribution >= 4 is 23.4 Å². The van der Waals surface area contributed by atoms with E-state index in [0.29, 0.717) is 42.3 Å². The third-order valence-corrected chi connectivity index (χ3v) is 5.41. The fraction of sp³-hybridized carbons (Fsp3) is 0.318. The number of carbonyl (C=O) groups excluding carboxylic acids is 2. The monoisotopic (exact) mass is 429 g/mol. The minimum Gasteiger partial charge on any atom is -0.496 e. The van der Waals surface area contributed by atoms with E-state index in [9.17, 15) is 19.2 Å². The van der Waals surface area contributed by atoms with Crippen LogP contribution in [0, 0.1) is 23.1 Å². The summed E-state index contributed by atoms with van der Waals surface area (Å²) in [4.78, 5) is 27.1. The molecule has 3 rings (SSSR count). The zero-order chi connectivity index (χ0) is 21.7. The number of halogens is 2. The molecule has 2 amide bonds. The van der Waals surface area contributed by atoms with E-state index in [2.05, 4.69) is 5.32 Å².